The highest BCUT2D eigenvalue weighted by Gasteiger charge is 2.13. The molecule has 0 saturated heterocycles. The normalized spacial score (nSPS) is 10.9. The molecular weight excluding hydrogens is 487 g/mol. The van der Waals surface area contributed by atoms with Crippen molar-refractivity contribution in [1.29, 1.82) is 0 Å². The fraction of sp³-hybridized carbons (Fsp3) is 0.111. The molecule has 1 amide bonds. The molecular formula is C27H22Cl2N2O4. The maximum Gasteiger partial charge on any atom is 0.265 e. The van der Waals surface area contributed by atoms with Crippen molar-refractivity contribution < 1.29 is 19.1 Å². The summed E-state index contributed by atoms with van der Waals surface area (Å²) in [6.45, 7) is 0.0763. The molecule has 0 radical (unpaired) electrons. The zero-order valence-electron chi connectivity index (χ0n) is 18.8. The smallest absolute Gasteiger partial charge is 0.265 e. The van der Waals surface area contributed by atoms with Gasteiger partial charge in [-0.2, -0.15) is 0 Å². The number of anilines is 1. The molecule has 0 spiro atoms. The zero-order chi connectivity index (χ0) is 24.6. The van der Waals surface area contributed by atoms with Crippen LogP contribution in [0, 0.1) is 0 Å². The second-order valence-corrected chi connectivity index (χ2v) is 8.37. The van der Waals surface area contributed by atoms with E-state index in [-0.39, 0.29) is 12.5 Å². The molecule has 0 aliphatic rings. The van der Waals surface area contributed by atoms with E-state index in [9.17, 15) is 4.79 Å². The maximum atomic E-state index is 12.0. The molecule has 4 aromatic rings. The number of oxime groups is 1. The molecule has 0 atom stereocenters. The van der Waals surface area contributed by atoms with Crippen molar-refractivity contribution >= 4 is 51.8 Å². The Kier molecular flexibility index (Phi) is 8.08. The molecule has 0 aromatic heterocycles. The SMILES string of the molecule is COc1cc(/C=N/OCC(=O)Nc2ccc(Cl)cc2)cc(Cl)c1OCc1cccc2ccccc12. The largest absolute Gasteiger partial charge is 0.493 e. The summed E-state index contributed by atoms with van der Waals surface area (Å²) in [5, 5.41) is 9.75. The minimum absolute atomic E-state index is 0.254. The fourth-order valence-electron chi connectivity index (χ4n) is 3.45. The van der Waals surface area contributed by atoms with Gasteiger partial charge in [-0.05, 0) is 52.7 Å². The van der Waals surface area contributed by atoms with E-state index in [1.54, 1.807) is 36.4 Å². The molecule has 35 heavy (non-hydrogen) atoms. The van der Waals surface area contributed by atoms with E-state index in [1.165, 1.54) is 13.3 Å². The standard InChI is InChI=1S/C27H22Cl2N2O4/c1-33-25-14-18(15-30-35-17-26(32)31-22-11-9-21(28)10-12-22)13-24(29)27(25)34-16-20-7-4-6-19-5-2-3-8-23(19)20/h2-15H,16-17H2,1H3,(H,31,32)/b30-15+. The third-order valence-corrected chi connectivity index (χ3v) is 5.64. The predicted molar refractivity (Wildman–Crippen MR) is 140 cm³/mol. The van der Waals surface area contributed by atoms with Gasteiger partial charge in [0.05, 0.1) is 18.3 Å². The molecule has 0 unspecified atom stereocenters. The Balaban J connectivity index is 1.37. The van der Waals surface area contributed by atoms with Crippen molar-refractivity contribution in [3.05, 3.63) is 100 Å². The first-order chi connectivity index (χ1) is 17.0. The summed E-state index contributed by atoms with van der Waals surface area (Å²) in [5.74, 6) is 0.541. The van der Waals surface area contributed by atoms with E-state index in [1.807, 2.05) is 24.3 Å². The average molecular weight is 509 g/mol. The molecule has 0 aliphatic carbocycles. The first-order valence-electron chi connectivity index (χ1n) is 10.7. The lowest BCUT2D eigenvalue weighted by Gasteiger charge is -2.14. The van der Waals surface area contributed by atoms with E-state index in [0.29, 0.717) is 39.4 Å². The minimum Gasteiger partial charge on any atom is -0.493 e. The van der Waals surface area contributed by atoms with Gasteiger partial charge in [-0.15, -0.1) is 0 Å². The molecule has 0 heterocycles. The Labute approximate surface area is 213 Å². The van der Waals surface area contributed by atoms with Crippen LogP contribution in [-0.2, 0) is 16.2 Å². The zero-order valence-corrected chi connectivity index (χ0v) is 20.3. The first-order valence-corrected chi connectivity index (χ1v) is 11.5. The molecule has 4 rings (SSSR count). The molecule has 1 N–H and O–H groups in total. The minimum atomic E-state index is -0.350. The van der Waals surface area contributed by atoms with Crippen LogP contribution in [-0.4, -0.2) is 25.8 Å². The summed E-state index contributed by atoms with van der Waals surface area (Å²) in [6, 6.07) is 24.4. The fourth-order valence-corrected chi connectivity index (χ4v) is 3.85. The van der Waals surface area contributed by atoms with Crippen molar-refractivity contribution in [1.82, 2.24) is 0 Å². The van der Waals surface area contributed by atoms with Gasteiger partial charge in [-0.1, -0.05) is 70.8 Å². The number of fused-ring (bicyclic) bond motifs is 1. The Morgan fingerprint density at radius 3 is 2.57 bits per heavy atom. The van der Waals surface area contributed by atoms with Crippen molar-refractivity contribution in [3.63, 3.8) is 0 Å². The summed E-state index contributed by atoms with van der Waals surface area (Å²) in [7, 11) is 1.54. The van der Waals surface area contributed by atoms with Crippen molar-refractivity contribution in [2.24, 2.45) is 5.16 Å². The van der Waals surface area contributed by atoms with Crippen LogP contribution < -0.4 is 14.8 Å². The van der Waals surface area contributed by atoms with Gasteiger partial charge in [0, 0.05) is 16.3 Å². The Morgan fingerprint density at radius 2 is 1.77 bits per heavy atom. The number of carbonyl (C=O) groups is 1. The van der Waals surface area contributed by atoms with Gasteiger partial charge in [-0.25, -0.2) is 0 Å². The van der Waals surface area contributed by atoms with E-state index in [4.69, 9.17) is 37.5 Å². The van der Waals surface area contributed by atoms with Crippen LogP contribution in [0.5, 0.6) is 11.5 Å². The first kappa shape index (κ1) is 24.4. The van der Waals surface area contributed by atoms with Crippen LogP contribution in [0.25, 0.3) is 10.8 Å². The van der Waals surface area contributed by atoms with Gasteiger partial charge < -0.3 is 19.6 Å². The summed E-state index contributed by atoms with van der Waals surface area (Å²) >= 11 is 12.3. The van der Waals surface area contributed by atoms with Gasteiger partial charge >= 0.3 is 0 Å². The van der Waals surface area contributed by atoms with Crippen molar-refractivity contribution in [2.75, 3.05) is 19.0 Å². The number of hydrogen-bond acceptors (Lipinski definition) is 5. The number of benzene rings is 4. The number of hydrogen-bond donors (Lipinski definition) is 1. The summed E-state index contributed by atoms with van der Waals surface area (Å²) < 4.78 is 11.5. The van der Waals surface area contributed by atoms with Gasteiger partial charge in [0.2, 0.25) is 0 Å². The van der Waals surface area contributed by atoms with Crippen LogP contribution in [0.3, 0.4) is 0 Å². The number of methoxy groups -OCH3 is 1. The molecule has 0 saturated carbocycles. The number of nitrogens with zero attached hydrogens (tertiary/aromatic N) is 1. The van der Waals surface area contributed by atoms with Crippen LogP contribution in [0.4, 0.5) is 5.69 Å². The number of rotatable bonds is 9. The molecule has 0 fully saturated rings. The van der Waals surface area contributed by atoms with E-state index >= 15 is 0 Å². The number of ether oxygens (including phenoxy) is 2. The Bertz CT molecular complexity index is 1350. The van der Waals surface area contributed by atoms with E-state index in [2.05, 4.69) is 28.7 Å². The van der Waals surface area contributed by atoms with E-state index < -0.39 is 0 Å². The Morgan fingerprint density at radius 1 is 1.00 bits per heavy atom. The van der Waals surface area contributed by atoms with Crippen molar-refractivity contribution in [2.45, 2.75) is 6.61 Å². The van der Waals surface area contributed by atoms with Crippen LogP contribution in [0.1, 0.15) is 11.1 Å². The Hall–Kier alpha value is -3.74. The third kappa shape index (κ3) is 6.44. The van der Waals surface area contributed by atoms with Gasteiger partial charge in [-0.3, -0.25) is 4.79 Å². The van der Waals surface area contributed by atoms with Crippen LogP contribution >= 0.6 is 23.2 Å². The summed E-state index contributed by atoms with van der Waals surface area (Å²) in [6.07, 6.45) is 1.44. The number of halogens is 2. The summed E-state index contributed by atoms with van der Waals surface area (Å²) in [5.41, 5.74) is 2.28. The van der Waals surface area contributed by atoms with Crippen LogP contribution in [0.2, 0.25) is 10.0 Å². The molecule has 178 valence electrons. The number of amides is 1. The molecule has 0 aliphatic heterocycles. The highest BCUT2D eigenvalue weighted by Crippen LogP contribution is 2.37. The second kappa shape index (κ2) is 11.6. The van der Waals surface area contributed by atoms with Crippen molar-refractivity contribution in [3.8, 4) is 11.5 Å². The second-order valence-electron chi connectivity index (χ2n) is 7.52. The monoisotopic (exact) mass is 508 g/mol. The molecule has 8 heteroatoms. The highest BCUT2D eigenvalue weighted by molar-refractivity contribution is 6.32. The van der Waals surface area contributed by atoms with Gasteiger partial charge in [0.25, 0.3) is 5.91 Å². The molecule has 4 aromatic carbocycles. The topological polar surface area (TPSA) is 69.2 Å². The van der Waals surface area contributed by atoms with Gasteiger partial charge in [0.15, 0.2) is 18.1 Å². The number of nitrogens with one attached hydrogen (secondary N) is 1. The average Bonchev–Trinajstić information content (AvgIpc) is 2.87. The van der Waals surface area contributed by atoms with E-state index in [0.717, 1.165) is 16.3 Å². The maximum absolute atomic E-state index is 12.0. The van der Waals surface area contributed by atoms with Crippen LogP contribution in [0.15, 0.2) is 84.0 Å². The third-order valence-electron chi connectivity index (χ3n) is 5.10. The number of carbonyl (C=O) groups excluding carboxylic acids is 1. The summed E-state index contributed by atoms with van der Waals surface area (Å²) in [4.78, 5) is 17.1. The molecule has 6 nitrogen and oxygen atoms in total. The predicted octanol–water partition coefficient (Wildman–Crippen LogP) is 6.72. The lowest BCUT2D eigenvalue weighted by Crippen LogP contribution is -2.16. The lowest BCUT2D eigenvalue weighted by atomic mass is 10.1. The molecule has 0 bridgehead atoms. The highest BCUT2D eigenvalue weighted by atomic mass is 35.5. The van der Waals surface area contributed by atoms with Gasteiger partial charge in [0.1, 0.15) is 6.61 Å². The lowest BCUT2D eigenvalue weighted by molar-refractivity contribution is -0.120. The quantitative estimate of drug-likeness (QED) is 0.201.